The van der Waals surface area contributed by atoms with Crippen molar-refractivity contribution in [2.24, 2.45) is 0 Å². The van der Waals surface area contributed by atoms with Crippen LogP contribution in [0.15, 0.2) is 66.7 Å². The van der Waals surface area contributed by atoms with Gasteiger partial charge in [-0.15, -0.1) is 0 Å². The van der Waals surface area contributed by atoms with Crippen LogP contribution in [0.4, 0.5) is 16.6 Å². The molecule has 1 aromatic heterocycles. The summed E-state index contributed by atoms with van der Waals surface area (Å²) in [5.74, 6) is 2.07. The van der Waals surface area contributed by atoms with E-state index in [0.717, 1.165) is 18.4 Å². The maximum atomic E-state index is 13.3. The van der Waals surface area contributed by atoms with Crippen molar-refractivity contribution >= 4 is 28.8 Å². The Labute approximate surface area is 239 Å². The van der Waals surface area contributed by atoms with Crippen molar-refractivity contribution in [1.29, 1.82) is 0 Å². The summed E-state index contributed by atoms with van der Waals surface area (Å²) < 4.78 is 17.2. The number of carbonyl (C=O) groups is 1. The molecular weight excluding hydrogens is 518 g/mol. The second-order valence-corrected chi connectivity index (χ2v) is 10.8. The molecular formula is C32H35N5O4. The van der Waals surface area contributed by atoms with Gasteiger partial charge in [0.25, 0.3) is 0 Å². The highest BCUT2D eigenvalue weighted by molar-refractivity contribution is 5.91. The fourth-order valence-electron chi connectivity index (χ4n) is 6.08. The Balaban J connectivity index is 1.21. The van der Waals surface area contributed by atoms with Crippen molar-refractivity contribution in [3.63, 3.8) is 0 Å². The highest BCUT2D eigenvalue weighted by Gasteiger charge is 2.40. The molecule has 0 radical (unpaired) electrons. The minimum Gasteiger partial charge on any atom is -0.493 e. The van der Waals surface area contributed by atoms with Gasteiger partial charge in [-0.25, -0.2) is 9.78 Å². The van der Waals surface area contributed by atoms with Crippen LogP contribution in [0.2, 0.25) is 0 Å². The lowest BCUT2D eigenvalue weighted by molar-refractivity contribution is -0.00865. The highest BCUT2D eigenvalue weighted by atomic mass is 16.6. The number of amides is 1. The number of rotatable bonds is 7. The van der Waals surface area contributed by atoms with Crippen molar-refractivity contribution in [2.75, 3.05) is 37.9 Å². The van der Waals surface area contributed by atoms with Gasteiger partial charge >= 0.3 is 6.09 Å². The molecule has 6 rings (SSSR count). The van der Waals surface area contributed by atoms with E-state index in [1.165, 1.54) is 11.1 Å². The van der Waals surface area contributed by atoms with Crippen LogP contribution in [-0.2, 0) is 17.6 Å². The maximum Gasteiger partial charge on any atom is 0.408 e. The third-order valence-corrected chi connectivity index (χ3v) is 8.28. The van der Waals surface area contributed by atoms with Crippen LogP contribution >= 0.6 is 0 Å². The number of alkyl carbamates (subject to hydrolysis) is 1. The van der Waals surface area contributed by atoms with Gasteiger partial charge in [0, 0.05) is 43.8 Å². The van der Waals surface area contributed by atoms with Gasteiger partial charge < -0.3 is 30.2 Å². The zero-order valence-corrected chi connectivity index (χ0v) is 23.4. The third kappa shape index (κ3) is 5.44. The lowest BCUT2D eigenvalue weighted by atomic mass is 9.85. The molecule has 1 fully saturated rings. The smallest absolute Gasteiger partial charge is 0.408 e. The fraction of sp³-hybridized carbons (Fsp3) is 0.344. The molecule has 2 heterocycles. The van der Waals surface area contributed by atoms with E-state index in [-0.39, 0.29) is 12.1 Å². The van der Waals surface area contributed by atoms with E-state index in [1.807, 2.05) is 36.4 Å². The molecule has 3 aromatic carbocycles. The number of nitrogens with two attached hydrogens (primary N) is 1. The monoisotopic (exact) mass is 553 g/mol. The number of methoxy groups -OCH3 is 2. The number of ether oxygens (including phenoxy) is 3. The van der Waals surface area contributed by atoms with E-state index in [1.54, 1.807) is 20.3 Å². The first kappa shape index (κ1) is 26.7. The van der Waals surface area contributed by atoms with E-state index in [0.29, 0.717) is 66.5 Å². The minimum absolute atomic E-state index is 0.0304. The van der Waals surface area contributed by atoms with Gasteiger partial charge in [0.05, 0.1) is 25.8 Å². The Kier molecular flexibility index (Phi) is 7.26. The molecule has 9 heteroatoms. The van der Waals surface area contributed by atoms with E-state index in [2.05, 4.69) is 39.5 Å². The summed E-state index contributed by atoms with van der Waals surface area (Å²) in [7, 11) is 3.17. The van der Waals surface area contributed by atoms with Crippen molar-refractivity contribution < 1.29 is 19.0 Å². The Morgan fingerprint density at radius 2 is 1.71 bits per heavy atom. The summed E-state index contributed by atoms with van der Waals surface area (Å²) >= 11 is 0. The zero-order chi connectivity index (χ0) is 28.4. The van der Waals surface area contributed by atoms with E-state index >= 15 is 0 Å². The molecule has 0 spiro atoms. The predicted molar refractivity (Wildman–Crippen MR) is 158 cm³/mol. The van der Waals surface area contributed by atoms with Crippen LogP contribution in [-0.4, -0.2) is 49.0 Å². The topological polar surface area (TPSA) is 112 Å². The first-order chi connectivity index (χ1) is 20.0. The molecule has 3 N–H and O–H groups in total. The van der Waals surface area contributed by atoms with E-state index in [9.17, 15) is 4.79 Å². The normalized spacial score (nSPS) is 17.6. The van der Waals surface area contributed by atoms with Gasteiger partial charge in [-0.05, 0) is 35.6 Å². The highest BCUT2D eigenvalue weighted by Crippen LogP contribution is 2.37. The molecule has 4 aromatic rings. The molecule has 1 atom stereocenters. The van der Waals surface area contributed by atoms with Gasteiger partial charge in [-0.1, -0.05) is 54.6 Å². The van der Waals surface area contributed by atoms with Gasteiger partial charge in [-0.2, -0.15) is 4.98 Å². The van der Waals surface area contributed by atoms with Gasteiger partial charge in [0.15, 0.2) is 11.5 Å². The Hall–Kier alpha value is -4.53. The third-order valence-electron chi connectivity index (χ3n) is 8.28. The average Bonchev–Trinajstić information content (AvgIpc) is 3.39. The maximum absolute atomic E-state index is 13.3. The lowest BCUT2D eigenvalue weighted by Gasteiger charge is -2.41. The number of nitrogens with one attached hydrogen (secondary N) is 1. The van der Waals surface area contributed by atoms with Crippen LogP contribution in [0.5, 0.6) is 11.5 Å². The second-order valence-electron chi connectivity index (χ2n) is 10.8. The van der Waals surface area contributed by atoms with E-state index < -0.39 is 5.60 Å². The van der Waals surface area contributed by atoms with Crippen LogP contribution in [0.25, 0.3) is 10.9 Å². The number of carbonyl (C=O) groups excluding carboxylic acids is 1. The van der Waals surface area contributed by atoms with Gasteiger partial charge in [-0.3, -0.25) is 0 Å². The number of piperidine rings is 1. The van der Waals surface area contributed by atoms with Crippen LogP contribution in [0, 0.1) is 0 Å². The van der Waals surface area contributed by atoms with Gasteiger partial charge in [0.2, 0.25) is 5.95 Å². The number of nitrogens with zero attached hydrogens (tertiary/aromatic N) is 3. The molecule has 1 unspecified atom stereocenters. The SMILES string of the molecule is COc1cc2nc(N3CCC(Cc4ccccc4)(OC(=O)NC4CCc5ccccc54)CC3)nc(N)c2cc1OC. The number of benzene rings is 3. The van der Waals surface area contributed by atoms with Crippen LogP contribution in [0.3, 0.4) is 0 Å². The van der Waals surface area contributed by atoms with Crippen LogP contribution < -0.4 is 25.4 Å². The molecule has 0 saturated carbocycles. The van der Waals surface area contributed by atoms with Crippen molar-refractivity contribution in [3.8, 4) is 11.5 Å². The summed E-state index contributed by atoms with van der Waals surface area (Å²) in [5.41, 5.74) is 9.98. The van der Waals surface area contributed by atoms with Gasteiger partial charge in [0.1, 0.15) is 11.4 Å². The number of hydrogen-bond acceptors (Lipinski definition) is 8. The van der Waals surface area contributed by atoms with E-state index in [4.69, 9.17) is 24.9 Å². The number of aromatic nitrogens is 2. The summed E-state index contributed by atoms with van der Waals surface area (Å²) in [4.78, 5) is 24.8. The Morgan fingerprint density at radius 1 is 1.00 bits per heavy atom. The number of nitrogen functional groups attached to an aromatic ring is 1. The summed E-state index contributed by atoms with van der Waals surface area (Å²) in [6.07, 6.45) is 3.36. The molecule has 1 saturated heterocycles. The van der Waals surface area contributed by atoms with Crippen molar-refractivity contribution in [1.82, 2.24) is 15.3 Å². The van der Waals surface area contributed by atoms with Crippen molar-refractivity contribution in [2.45, 2.75) is 43.7 Å². The first-order valence-corrected chi connectivity index (χ1v) is 14.0. The zero-order valence-electron chi connectivity index (χ0n) is 23.4. The summed E-state index contributed by atoms with van der Waals surface area (Å²) in [6, 6.07) is 22.0. The number of anilines is 2. The molecule has 1 amide bonds. The molecule has 1 aliphatic heterocycles. The van der Waals surface area contributed by atoms with Crippen molar-refractivity contribution in [3.05, 3.63) is 83.4 Å². The molecule has 212 valence electrons. The molecule has 2 aliphatic rings. The minimum atomic E-state index is -0.654. The average molecular weight is 554 g/mol. The predicted octanol–water partition coefficient (Wildman–Crippen LogP) is 5.22. The largest absolute Gasteiger partial charge is 0.493 e. The molecule has 9 nitrogen and oxygen atoms in total. The second kappa shape index (κ2) is 11.2. The molecule has 41 heavy (non-hydrogen) atoms. The molecule has 0 bridgehead atoms. The number of aryl methyl sites for hydroxylation is 1. The standard InChI is InChI=1S/C32H35N5O4/c1-39-27-18-24-26(19-28(27)40-2)34-30(36-29(24)33)37-16-14-32(15-17-37,20-21-8-4-3-5-9-21)41-31(38)35-25-13-12-22-10-6-7-11-23(22)25/h3-11,18-19,25H,12-17,20H2,1-2H3,(H,35,38)(H2,33,34,36). The number of hydrogen-bond donors (Lipinski definition) is 2. The Bertz CT molecular complexity index is 1550. The van der Waals surface area contributed by atoms with Crippen LogP contribution in [0.1, 0.15) is 42.0 Å². The first-order valence-electron chi connectivity index (χ1n) is 14.0. The summed E-state index contributed by atoms with van der Waals surface area (Å²) in [6.45, 7) is 1.23. The summed E-state index contributed by atoms with van der Waals surface area (Å²) in [5, 5.41) is 3.85. The number of fused-ring (bicyclic) bond motifs is 2. The quantitative estimate of drug-likeness (QED) is 0.320. The Morgan fingerprint density at radius 3 is 2.46 bits per heavy atom. The lowest BCUT2D eigenvalue weighted by Crippen LogP contribution is -2.50. The fourth-order valence-corrected chi connectivity index (χ4v) is 6.08. The molecule has 1 aliphatic carbocycles.